The summed E-state index contributed by atoms with van der Waals surface area (Å²) in [5, 5.41) is 13.4. The Hall–Kier alpha value is 1.21. The van der Waals surface area contributed by atoms with Crippen LogP contribution in [0.5, 0.6) is 0 Å². The van der Waals surface area contributed by atoms with Crippen molar-refractivity contribution in [1.29, 1.82) is 0 Å². The molecule has 0 aliphatic carbocycles. The van der Waals surface area contributed by atoms with Crippen molar-refractivity contribution in [3.8, 4) is 0 Å². The number of halogens is 2. The van der Waals surface area contributed by atoms with Crippen molar-refractivity contribution in [3.63, 3.8) is 0 Å². The number of hydrogen-bond acceptors (Lipinski definition) is 1. The van der Waals surface area contributed by atoms with Crippen molar-refractivity contribution in [1.82, 2.24) is 0 Å². The van der Waals surface area contributed by atoms with Gasteiger partial charge in [-0.15, -0.1) is 37.9 Å². The van der Waals surface area contributed by atoms with E-state index in [-0.39, 0.29) is 46.5 Å². The van der Waals surface area contributed by atoms with Gasteiger partial charge in [0.05, 0.1) is 0 Å². The molecule has 5 heteroatoms. The monoisotopic (exact) mass is 546 g/mol. The average Bonchev–Trinajstić information content (AvgIpc) is 2.77. The summed E-state index contributed by atoms with van der Waals surface area (Å²) in [5.74, 6) is 0.560. The van der Waals surface area contributed by atoms with Gasteiger partial charge in [-0.1, -0.05) is 150 Å². The molecule has 1 unspecified atom stereocenters. The van der Waals surface area contributed by atoms with Crippen LogP contribution in [0.2, 0.25) is 0 Å². The fourth-order valence-electron chi connectivity index (χ4n) is 3.74. The van der Waals surface area contributed by atoms with Gasteiger partial charge in [-0.05, 0) is 12.3 Å². The van der Waals surface area contributed by atoms with Crippen molar-refractivity contribution < 1.29 is 26.8 Å². The van der Waals surface area contributed by atoms with E-state index in [0.29, 0.717) is 12.5 Å². The van der Waals surface area contributed by atoms with Gasteiger partial charge in [0.2, 0.25) is 0 Å². The van der Waals surface area contributed by atoms with Crippen LogP contribution in [0.25, 0.3) is 5.32 Å². The van der Waals surface area contributed by atoms with E-state index in [4.69, 9.17) is 5.11 Å². The van der Waals surface area contributed by atoms with Crippen LogP contribution >= 0.6 is 24.8 Å². The van der Waals surface area contributed by atoms with Crippen LogP contribution in [0.4, 0.5) is 0 Å². The van der Waals surface area contributed by atoms with Gasteiger partial charge in [0.25, 0.3) is 0 Å². The molecular weight excluding hydrogens is 485 g/mol. The standard InChI is InChI=1S/C20H42N.C8H18O.2ClH.Ti/c1-3-5-7-9-11-13-15-17-19-21-20-18-16-14-12-10-8-6-4-2;1-3-5-6-8(4-2)7-9;;;/h3-20H2,1-2H3;8-9H,3-7H2,1-2H3;2*1H;/q-1;;;;. The Morgan fingerprint density at radius 3 is 1.15 bits per heavy atom. The molecule has 0 heterocycles. The van der Waals surface area contributed by atoms with Gasteiger partial charge in [-0.25, -0.2) is 0 Å². The van der Waals surface area contributed by atoms with Gasteiger partial charge >= 0.3 is 0 Å². The molecule has 2 nitrogen and oxygen atoms in total. The van der Waals surface area contributed by atoms with Crippen LogP contribution in [-0.2, 0) is 21.7 Å². The third kappa shape index (κ3) is 43.7. The molecular formula is C28H62Cl2NOTi-. The van der Waals surface area contributed by atoms with E-state index in [9.17, 15) is 0 Å². The Labute approximate surface area is 237 Å². The molecule has 1 atom stereocenters. The summed E-state index contributed by atoms with van der Waals surface area (Å²) in [5.41, 5.74) is 0. The largest absolute Gasteiger partial charge is 0.662 e. The number of aliphatic hydroxyl groups excluding tert-OH is 1. The zero-order valence-electron chi connectivity index (χ0n) is 23.1. The topological polar surface area (TPSA) is 34.3 Å². The zero-order valence-corrected chi connectivity index (χ0v) is 26.2. The van der Waals surface area contributed by atoms with Crippen molar-refractivity contribution in [2.45, 2.75) is 156 Å². The second-order valence-electron chi connectivity index (χ2n) is 9.22. The van der Waals surface area contributed by atoms with E-state index >= 15 is 0 Å². The minimum absolute atomic E-state index is 0. The van der Waals surface area contributed by atoms with Crippen molar-refractivity contribution >= 4 is 24.8 Å². The molecule has 0 aromatic heterocycles. The SMILES string of the molecule is CCCCC(CC)CO.CCCCCCCCCC[N-]CCCCCCCCCC.Cl.Cl.[Ti]. The Balaban J connectivity index is -0.000000187. The second kappa shape index (κ2) is 43.3. The van der Waals surface area contributed by atoms with Crippen LogP contribution in [0.3, 0.4) is 0 Å². The molecule has 0 aromatic carbocycles. The molecule has 204 valence electrons. The van der Waals surface area contributed by atoms with Crippen LogP contribution in [0, 0.1) is 5.92 Å². The number of unbranched alkanes of at least 4 members (excludes halogenated alkanes) is 15. The summed E-state index contributed by atoms with van der Waals surface area (Å²) in [4.78, 5) is 0. The fraction of sp³-hybridized carbons (Fsp3) is 1.00. The third-order valence-electron chi connectivity index (χ3n) is 6.14. The number of hydrogen-bond donors (Lipinski definition) is 1. The molecule has 0 fully saturated rings. The molecule has 0 aromatic rings. The molecule has 0 spiro atoms. The Morgan fingerprint density at radius 1 is 0.515 bits per heavy atom. The predicted molar refractivity (Wildman–Crippen MR) is 153 cm³/mol. The van der Waals surface area contributed by atoms with E-state index in [1.807, 2.05) is 0 Å². The third-order valence-corrected chi connectivity index (χ3v) is 6.14. The number of aliphatic hydroxyl groups is 1. The quantitative estimate of drug-likeness (QED) is 0.100. The van der Waals surface area contributed by atoms with Crippen LogP contribution < -0.4 is 0 Å². The molecule has 0 radical (unpaired) electrons. The fourth-order valence-corrected chi connectivity index (χ4v) is 3.74. The second-order valence-corrected chi connectivity index (χ2v) is 9.22. The first-order chi connectivity index (χ1) is 14.8. The maximum atomic E-state index is 8.75. The summed E-state index contributed by atoms with van der Waals surface area (Å²) < 4.78 is 0. The zero-order chi connectivity index (χ0) is 22.5. The first kappa shape index (κ1) is 44.2. The smallest absolute Gasteiger partial charge is 0.0459 e. The Bertz CT molecular complexity index is 265. The molecule has 33 heavy (non-hydrogen) atoms. The Kier molecular flexibility index (Phi) is 58.0. The summed E-state index contributed by atoms with van der Waals surface area (Å²) in [7, 11) is 0. The van der Waals surface area contributed by atoms with Crippen molar-refractivity contribution in [2.75, 3.05) is 19.7 Å². The van der Waals surface area contributed by atoms with Gasteiger partial charge in [0.15, 0.2) is 0 Å². The molecule has 0 amide bonds. The summed E-state index contributed by atoms with van der Waals surface area (Å²) in [6, 6.07) is 0. The maximum Gasteiger partial charge on any atom is 0.0459 e. The number of rotatable bonds is 23. The normalized spacial score (nSPS) is 10.8. The predicted octanol–water partition coefficient (Wildman–Crippen LogP) is 10.7. The molecule has 0 aliphatic rings. The van der Waals surface area contributed by atoms with Crippen molar-refractivity contribution in [2.24, 2.45) is 5.92 Å². The number of nitrogens with zero attached hydrogens (tertiary/aromatic N) is 1. The summed E-state index contributed by atoms with van der Waals surface area (Å²) in [6.45, 7) is 11.5. The van der Waals surface area contributed by atoms with E-state index in [1.165, 1.54) is 122 Å². The molecule has 0 aliphatic heterocycles. The first-order valence-corrected chi connectivity index (χ1v) is 14.0. The molecule has 0 saturated heterocycles. The maximum absolute atomic E-state index is 8.75. The summed E-state index contributed by atoms with van der Waals surface area (Å²) >= 11 is 0. The van der Waals surface area contributed by atoms with Crippen LogP contribution in [-0.4, -0.2) is 24.8 Å². The van der Waals surface area contributed by atoms with Crippen LogP contribution in [0.15, 0.2) is 0 Å². The Morgan fingerprint density at radius 2 is 0.848 bits per heavy atom. The van der Waals surface area contributed by atoms with E-state index in [0.717, 1.165) is 19.5 Å². The average molecular weight is 548 g/mol. The molecule has 0 saturated carbocycles. The van der Waals surface area contributed by atoms with Gasteiger partial charge in [-0.2, -0.15) is 0 Å². The minimum Gasteiger partial charge on any atom is -0.662 e. The van der Waals surface area contributed by atoms with Gasteiger partial charge in [-0.3, -0.25) is 0 Å². The summed E-state index contributed by atoms with van der Waals surface area (Å²) in [6.07, 6.45) is 27.4. The van der Waals surface area contributed by atoms with Crippen molar-refractivity contribution in [3.05, 3.63) is 5.32 Å². The molecule has 0 rings (SSSR count). The minimum atomic E-state index is 0. The van der Waals surface area contributed by atoms with E-state index in [2.05, 4.69) is 33.0 Å². The molecule has 1 N–H and O–H groups in total. The molecule has 0 bridgehead atoms. The van der Waals surface area contributed by atoms with Gasteiger partial charge < -0.3 is 10.4 Å². The first-order valence-electron chi connectivity index (χ1n) is 14.0. The van der Waals surface area contributed by atoms with E-state index in [1.54, 1.807) is 0 Å². The van der Waals surface area contributed by atoms with Gasteiger partial charge in [0, 0.05) is 28.3 Å². The van der Waals surface area contributed by atoms with Gasteiger partial charge in [0.1, 0.15) is 0 Å². The van der Waals surface area contributed by atoms with E-state index < -0.39 is 0 Å². The van der Waals surface area contributed by atoms with Crippen LogP contribution in [0.1, 0.15) is 156 Å².